The lowest BCUT2D eigenvalue weighted by molar-refractivity contribution is 0.669. The number of benzene rings is 8. The zero-order valence-corrected chi connectivity index (χ0v) is 27.6. The second-order valence-corrected chi connectivity index (χ2v) is 13.9. The van der Waals surface area contributed by atoms with E-state index in [9.17, 15) is 0 Å². The molecule has 0 fully saturated rings. The van der Waals surface area contributed by atoms with E-state index in [2.05, 4.69) is 157 Å². The van der Waals surface area contributed by atoms with Crippen LogP contribution >= 0.6 is 11.3 Å². The minimum absolute atomic E-state index is 0.858. The normalized spacial score (nSPS) is 12.0. The summed E-state index contributed by atoms with van der Waals surface area (Å²) in [5, 5.41) is 9.25. The minimum atomic E-state index is 0.858. The van der Waals surface area contributed by atoms with E-state index >= 15 is 0 Å². The van der Waals surface area contributed by atoms with E-state index in [4.69, 9.17) is 8.83 Å². The zero-order chi connectivity index (χ0) is 32.8. The lowest BCUT2D eigenvalue weighted by atomic mass is 10.0. The molecule has 0 amide bonds. The molecule has 0 saturated heterocycles. The van der Waals surface area contributed by atoms with Gasteiger partial charge in [-0.1, -0.05) is 103 Å². The molecular formula is C46H27NO2S. The monoisotopic (exact) mass is 657 g/mol. The smallest absolute Gasteiger partial charge is 0.143 e. The van der Waals surface area contributed by atoms with Gasteiger partial charge in [-0.25, -0.2) is 0 Å². The van der Waals surface area contributed by atoms with Crippen molar-refractivity contribution in [2.75, 3.05) is 4.90 Å². The second kappa shape index (κ2) is 10.6. The van der Waals surface area contributed by atoms with Gasteiger partial charge in [0, 0.05) is 42.0 Å². The van der Waals surface area contributed by atoms with E-state index in [0.29, 0.717) is 0 Å². The molecule has 0 N–H and O–H groups in total. The van der Waals surface area contributed by atoms with Gasteiger partial charge >= 0.3 is 0 Å². The van der Waals surface area contributed by atoms with Crippen LogP contribution in [-0.2, 0) is 0 Å². The highest BCUT2D eigenvalue weighted by molar-refractivity contribution is 7.25. The van der Waals surface area contributed by atoms with Crippen molar-refractivity contribution < 1.29 is 8.83 Å². The summed E-state index contributed by atoms with van der Waals surface area (Å²) >= 11 is 1.85. The first-order chi connectivity index (χ1) is 24.8. The van der Waals surface area contributed by atoms with Crippen LogP contribution in [0.2, 0.25) is 0 Å². The van der Waals surface area contributed by atoms with Crippen molar-refractivity contribution in [3.63, 3.8) is 0 Å². The Morgan fingerprint density at radius 1 is 0.400 bits per heavy atom. The maximum atomic E-state index is 6.66. The number of furan rings is 2. The van der Waals surface area contributed by atoms with Crippen LogP contribution in [-0.4, -0.2) is 0 Å². The summed E-state index contributed by atoms with van der Waals surface area (Å²) in [5.41, 5.74) is 9.04. The van der Waals surface area contributed by atoms with Crippen LogP contribution in [0.1, 0.15) is 0 Å². The maximum absolute atomic E-state index is 6.66. The zero-order valence-electron chi connectivity index (χ0n) is 26.8. The molecule has 0 saturated carbocycles. The Balaban J connectivity index is 1.14. The van der Waals surface area contributed by atoms with Crippen molar-refractivity contribution in [2.24, 2.45) is 0 Å². The Bertz CT molecular complexity index is 3110. The van der Waals surface area contributed by atoms with E-state index in [1.54, 1.807) is 0 Å². The average molecular weight is 658 g/mol. The molecule has 0 bridgehead atoms. The highest BCUT2D eigenvalue weighted by Crippen LogP contribution is 2.48. The van der Waals surface area contributed by atoms with Crippen molar-refractivity contribution in [1.82, 2.24) is 0 Å². The van der Waals surface area contributed by atoms with Crippen molar-refractivity contribution >= 4 is 103 Å². The summed E-state index contributed by atoms with van der Waals surface area (Å²) in [7, 11) is 0. The average Bonchev–Trinajstić information content (AvgIpc) is 3.87. The third kappa shape index (κ3) is 4.03. The number of anilines is 3. The van der Waals surface area contributed by atoms with Crippen LogP contribution in [0.4, 0.5) is 17.1 Å². The van der Waals surface area contributed by atoms with Crippen LogP contribution in [0.25, 0.3) is 85.9 Å². The summed E-state index contributed by atoms with van der Waals surface area (Å²) in [5.74, 6) is 0. The van der Waals surface area contributed by atoms with Gasteiger partial charge in [0.25, 0.3) is 0 Å². The molecular weight excluding hydrogens is 631 g/mol. The SMILES string of the molecule is c1ccc2c(c1)ccc1c2oc2cccc(N(c3ccc(-c4ccc5c(c4)sc4ccccc45)cc3)c3cccc4oc5ccccc5c34)c21. The largest absolute Gasteiger partial charge is 0.456 e. The fraction of sp³-hybridized carbons (Fsp3) is 0. The Kier molecular flexibility index (Phi) is 5.83. The molecule has 0 atom stereocenters. The first kappa shape index (κ1) is 27.6. The Labute approximate surface area is 290 Å². The van der Waals surface area contributed by atoms with Crippen LogP contribution in [0, 0.1) is 0 Å². The number of fused-ring (bicyclic) bond motifs is 11. The molecule has 0 unspecified atom stereocenters. The quantitative estimate of drug-likeness (QED) is 0.189. The molecule has 3 aromatic heterocycles. The second-order valence-electron chi connectivity index (χ2n) is 12.9. The number of thiophene rings is 1. The highest BCUT2D eigenvalue weighted by atomic mass is 32.1. The van der Waals surface area contributed by atoms with E-state index in [0.717, 1.165) is 71.7 Å². The van der Waals surface area contributed by atoms with Gasteiger partial charge in [0.1, 0.15) is 22.3 Å². The van der Waals surface area contributed by atoms with Gasteiger partial charge in [0.05, 0.1) is 22.1 Å². The first-order valence-corrected chi connectivity index (χ1v) is 17.7. The molecule has 50 heavy (non-hydrogen) atoms. The van der Waals surface area contributed by atoms with Crippen LogP contribution in [0.3, 0.4) is 0 Å². The summed E-state index contributed by atoms with van der Waals surface area (Å²) in [6.45, 7) is 0. The van der Waals surface area contributed by atoms with Crippen LogP contribution < -0.4 is 4.90 Å². The fourth-order valence-electron chi connectivity index (χ4n) is 7.78. The molecule has 0 radical (unpaired) electrons. The van der Waals surface area contributed by atoms with Gasteiger partial charge in [0.15, 0.2) is 0 Å². The lowest BCUT2D eigenvalue weighted by Gasteiger charge is -2.27. The number of nitrogens with zero attached hydrogens (tertiary/aromatic N) is 1. The summed E-state index contributed by atoms with van der Waals surface area (Å²) in [6.07, 6.45) is 0. The topological polar surface area (TPSA) is 29.5 Å². The molecule has 0 aliphatic heterocycles. The minimum Gasteiger partial charge on any atom is -0.456 e. The standard InChI is InChI=1S/C46H27NO2S/c1-2-10-32-29(9-1)21-26-36-45-38(14-8-17-41(45)49-46(32)36)47(37-13-7-16-40-44(37)35-12-3-5-15-39(35)48-40)31-23-19-28(20-24-31)30-22-25-34-33-11-4-6-18-42(33)50-43(34)27-30/h1-27H. The molecule has 0 aliphatic carbocycles. The van der Waals surface area contributed by atoms with Crippen molar-refractivity contribution in [3.05, 3.63) is 164 Å². The van der Waals surface area contributed by atoms with Gasteiger partial charge < -0.3 is 13.7 Å². The molecule has 0 aliphatic rings. The predicted molar refractivity (Wildman–Crippen MR) is 212 cm³/mol. The van der Waals surface area contributed by atoms with Gasteiger partial charge in [0.2, 0.25) is 0 Å². The number of para-hydroxylation sites is 1. The van der Waals surface area contributed by atoms with Gasteiger partial charge in [-0.2, -0.15) is 0 Å². The van der Waals surface area contributed by atoms with E-state index < -0.39 is 0 Å². The lowest BCUT2D eigenvalue weighted by Crippen LogP contribution is -2.10. The van der Waals surface area contributed by atoms with Gasteiger partial charge in [-0.05, 0) is 77.2 Å². The third-order valence-corrected chi connectivity index (χ3v) is 11.2. The summed E-state index contributed by atoms with van der Waals surface area (Å²) < 4.78 is 15.7. The van der Waals surface area contributed by atoms with E-state index in [-0.39, 0.29) is 0 Å². The highest BCUT2D eigenvalue weighted by Gasteiger charge is 2.23. The summed E-state index contributed by atoms with van der Waals surface area (Å²) in [4.78, 5) is 2.37. The molecule has 234 valence electrons. The van der Waals surface area contributed by atoms with Crippen molar-refractivity contribution in [1.29, 1.82) is 0 Å². The third-order valence-electron chi connectivity index (χ3n) is 10.1. The van der Waals surface area contributed by atoms with Gasteiger partial charge in [-0.3, -0.25) is 0 Å². The fourth-order valence-corrected chi connectivity index (χ4v) is 8.93. The number of hydrogen-bond donors (Lipinski definition) is 0. The molecule has 3 heterocycles. The van der Waals surface area contributed by atoms with Crippen molar-refractivity contribution in [3.8, 4) is 11.1 Å². The molecule has 11 aromatic rings. The van der Waals surface area contributed by atoms with Crippen LogP contribution in [0.5, 0.6) is 0 Å². The van der Waals surface area contributed by atoms with Gasteiger partial charge in [-0.15, -0.1) is 11.3 Å². The van der Waals surface area contributed by atoms with Crippen molar-refractivity contribution in [2.45, 2.75) is 0 Å². The molecule has 8 aromatic carbocycles. The maximum Gasteiger partial charge on any atom is 0.143 e. The molecule has 11 rings (SSSR count). The Morgan fingerprint density at radius 2 is 1.02 bits per heavy atom. The predicted octanol–water partition coefficient (Wildman–Crippen LogP) is 14.1. The first-order valence-electron chi connectivity index (χ1n) is 16.8. The number of hydrogen-bond acceptors (Lipinski definition) is 4. The molecule has 3 nitrogen and oxygen atoms in total. The number of rotatable bonds is 4. The Morgan fingerprint density at radius 3 is 1.86 bits per heavy atom. The van der Waals surface area contributed by atoms with E-state index in [1.165, 1.54) is 31.3 Å². The van der Waals surface area contributed by atoms with Crippen LogP contribution in [0.15, 0.2) is 173 Å². The Hall–Kier alpha value is -6.36. The van der Waals surface area contributed by atoms with E-state index in [1.807, 2.05) is 23.5 Å². The summed E-state index contributed by atoms with van der Waals surface area (Å²) in [6, 6.07) is 58.3. The molecule has 0 spiro atoms. The molecule has 4 heteroatoms.